The fourth-order valence-corrected chi connectivity index (χ4v) is 3.23. The zero-order valence-corrected chi connectivity index (χ0v) is 9.56. The Bertz CT molecular complexity index is 577. The van der Waals surface area contributed by atoms with E-state index in [1.165, 1.54) is 28.9 Å². The zero-order valence-electron chi connectivity index (χ0n) is 9.56. The van der Waals surface area contributed by atoms with Crippen molar-refractivity contribution in [1.82, 2.24) is 4.98 Å². The van der Waals surface area contributed by atoms with E-state index in [1.54, 1.807) is 0 Å². The predicted molar refractivity (Wildman–Crippen MR) is 68.1 cm³/mol. The molecule has 2 aliphatic rings. The highest BCUT2D eigenvalue weighted by Gasteiger charge is 2.37. The van der Waals surface area contributed by atoms with Gasteiger partial charge in [-0.15, -0.1) is 0 Å². The maximum atomic E-state index is 4.58. The number of anilines is 1. The number of aromatic nitrogens is 1. The Morgan fingerprint density at radius 2 is 2.06 bits per heavy atom. The molecular weight excluding hydrogens is 208 g/mol. The normalized spacial score (nSPS) is 24.5. The summed E-state index contributed by atoms with van der Waals surface area (Å²) in [4.78, 5) is 4.58. The number of rotatable bonds is 0. The van der Waals surface area contributed by atoms with Gasteiger partial charge in [0.2, 0.25) is 0 Å². The molecule has 1 aromatic heterocycles. The number of nitrogens with one attached hydrogen (secondary N) is 1. The van der Waals surface area contributed by atoms with Gasteiger partial charge in [0.15, 0.2) is 0 Å². The molecule has 1 aliphatic carbocycles. The Morgan fingerprint density at radius 1 is 1.12 bits per heavy atom. The van der Waals surface area contributed by atoms with E-state index < -0.39 is 0 Å². The van der Waals surface area contributed by atoms with E-state index >= 15 is 0 Å². The molecule has 4 rings (SSSR count). The highest BCUT2D eigenvalue weighted by molar-refractivity contribution is 5.61. The zero-order chi connectivity index (χ0) is 11.2. The van der Waals surface area contributed by atoms with Gasteiger partial charge in [0.1, 0.15) is 0 Å². The molecule has 2 nitrogen and oxygen atoms in total. The lowest BCUT2D eigenvalue weighted by atomic mass is 9.81. The van der Waals surface area contributed by atoms with Crippen molar-refractivity contribution in [3.05, 3.63) is 59.4 Å². The van der Waals surface area contributed by atoms with E-state index in [4.69, 9.17) is 0 Å². The van der Waals surface area contributed by atoms with E-state index in [1.807, 2.05) is 12.3 Å². The molecule has 0 spiro atoms. The molecule has 0 bridgehead atoms. The summed E-state index contributed by atoms with van der Waals surface area (Å²) in [7, 11) is 0. The van der Waals surface area contributed by atoms with Crippen LogP contribution in [-0.2, 0) is 6.42 Å². The molecule has 2 unspecified atom stereocenters. The summed E-state index contributed by atoms with van der Waals surface area (Å²) in [5.41, 5.74) is 5.42. The minimum Gasteiger partial charge on any atom is -0.376 e. The second-order valence-electron chi connectivity index (χ2n) is 4.90. The van der Waals surface area contributed by atoms with E-state index in [0.29, 0.717) is 12.0 Å². The molecule has 0 amide bonds. The average molecular weight is 222 g/mol. The number of pyridine rings is 1. The first kappa shape index (κ1) is 9.23. The topological polar surface area (TPSA) is 24.9 Å². The largest absolute Gasteiger partial charge is 0.376 e. The molecule has 84 valence electrons. The quantitative estimate of drug-likeness (QED) is 0.740. The van der Waals surface area contributed by atoms with E-state index in [9.17, 15) is 0 Å². The van der Waals surface area contributed by atoms with Gasteiger partial charge in [0.05, 0.1) is 11.7 Å². The second kappa shape index (κ2) is 3.33. The molecule has 1 aliphatic heterocycles. The van der Waals surface area contributed by atoms with Crippen molar-refractivity contribution in [3.63, 3.8) is 0 Å². The van der Waals surface area contributed by atoms with Crippen LogP contribution in [-0.4, -0.2) is 4.98 Å². The van der Waals surface area contributed by atoms with Gasteiger partial charge in [-0.2, -0.15) is 0 Å². The molecule has 1 N–H and O–H groups in total. The van der Waals surface area contributed by atoms with Crippen LogP contribution in [0.2, 0.25) is 0 Å². The number of fused-ring (bicyclic) bond motifs is 5. The minimum absolute atomic E-state index is 0.386. The molecule has 2 atom stereocenters. The summed E-state index contributed by atoms with van der Waals surface area (Å²) in [5.74, 6) is 0.605. The molecule has 2 heterocycles. The van der Waals surface area contributed by atoms with Crippen molar-refractivity contribution in [2.75, 3.05) is 5.32 Å². The SMILES string of the molecule is c1cnc2c(c1)CCC1c3ccccc3NC21. The number of hydrogen-bond acceptors (Lipinski definition) is 2. The van der Waals surface area contributed by atoms with Gasteiger partial charge in [0.25, 0.3) is 0 Å². The first-order valence-electron chi connectivity index (χ1n) is 6.23. The molecule has 0 radical (unpaired) electrons. The van der Waals surface area contributed by atoms with Crippen molar-refractivity contribution in [2.24, 2.45) is 0 Å². The number of aryl methyl sites for hydroxylation is 1. The number of para-hydroxylation sites is 1. The first-order valence-corrected chi connectivity index (χ1v) is 6.23. The third kappa shape index (κ3) is 1.24. The summed E-state index contributed by atoms with van der Waals surface area (Å²) in [6.45, 7) is 0. The van der Waals surface area contributed by atoms with Gasteiger partial charge in [-0.1, -0.05) is 24.3 Å². The first-order chi connectivity index (χ1) is 8.43. The fourth-order valence-electron chi connectivity index (χ4n) is 3.23. The van der Waals surface area contributed by atoms with Gasteiger partial charge in [-0.3, -0.25) is 4.98 Å². The van der Waals surface area contributed by atoms with Crippen LogP contribution in [0.5, 0.6) is 0 Å². The number of nitrogens with zero attached hydrogens (tertiary/aromatic N) is 1. The van der Waals surface area contributed by atoms with Gasteiger partial charge in [0, 0.05) is 17.8 Å². The van der Waals surface area contributed by atoms with E-state index in [2.05, 4.69) is 40.6 Å². The lowest BCUT2D eigenvalue weighted by molar-refractivity contribution is 0.523. The average Bonchev–Trinajstić information content (AvgIpc) is 2.78. The lowest BCUT2D eigenvalue weighted by Gasteiger charge is -2.27. The molecule has 17 heavy (non-hydrogen) atoms. The third-order valence-electron chi connectivity index (χ3n) is 4.02. The van der Waals surface area contributed by atoms with Crippen molar-refractivity contribution < 1.29 is 0 Å². The summed E-state index contributed by atoms with van der Waals surface area (Å²) in [6.07, 6.45) is 4.29. The molecular formula is C15H14N2. The lowest BCUT2D eigenvalue weighted by Crippen LogP contribution is -2.20. The smallest absolute Gasteiger partial charge is 0.0757 e. The molecule has 2 heteroatoms. The van der Waals surface area contributed by atoms with Crippen LogP contribution in [0, 0.1) is 0 Å². The van der Waals surface area contributed by atoms with Crippen molar-refractivity contribution in [1.29, 1.82) is 0 Å². The molecule has 1 aromatic carbocycles. The summed E-state index contributed by atoms with van der Waals surface area (Å²) < 4.78 is 0. The predicted octanol–water partition coefficient (Wildman–Crippen LogP) is 3.28. The third-order valence-corrected chi connectivity index (χ3v) is 4.02. The van der Waals surface area contributed by atoms with Gasteiger partial charge < -0.3 is 5.32 Å². The van der Waals surface area contributed by atoms with Crippen LogP contribution in [0.25, 0.3) is 0 Å². The van der Waals surface area contributed by atoms with Crippen LogP contribution in [0.4, 0.5) is 5.69 Å². The van der Waals surface area contributed by atoms with Crippen LogP contribution in [0.1, 0.15) is 35.2 Å². The Morgan fingerprint density at radius 3 is 3.06 bits per heavy atom. The molecule has 0 fully saturated rings. The van der Waals surface area contributed by atoms with Crippen molar-refractivity contribution in [3.8, 4) is 0 Å². The van der Waals surface area contributed by atoms with Crippen LogP contribution >= 0.6 is 0 Å². The van der Waals surface area contributed by atoms with Crippen LogP contribution < -0.4 is 5.32 Å². The highest BCUT2D eigenvalue weighted by Crippen LogP contribution is 2.49. The van der Waals surface area contributed by atoms with Crippen molar-refractivity contribution in [2.45, 2.75) is 24.8 Å². The molecule has 2 aromatic rings. The van der Waals surface area contributed by atoms with Gasteiger partial charge >= 0.3 is 0 Å². The van der Waals surface area contributed by atoms with Gasteiger partial charge in [-0.05, 0) is 36.1 Å². The van der Waals surface area contributed by atoms with Crippen molar-refractivity contribution >= 4 is 5.69 Å². The van der Waals surface area contributed by atoms with E-state index in [0.717, 1.165) is 6.42 Å². The maximum Gasteiger partial charge on any atom is 0.0757 e. The maximum absolute atomic E-state index is 4.58. The Balaban J connectivity index is 1.85. The Kier molecular flexibility index (Phi) is 1.81. The minimum atomic E-state index is 0.386. The summed E-state index contributed by atoms with van der Waals surface area (Å²) in [6, 6.07) is 13.3. The van der Waals surface area contributed by atoms with Crippen LogP contribution in [0.3, 0.4) is 0 Å². The monoisotopic (exact) mass is 222 g/mol. The number of hydrogen-bond donors (Lipinski definition) is 1. The van der Waals surface area contributed by atoms with Crippen LogP contribution in [0.15, 0.2) is 42.6 Å². The Labute approximate surface area is 101 Å². The molecule has 0 saturated carbocycles. The summed E-state index contributed by atoms with van der Waals surface area (Å²) in [5, 5.41) is 3.63. The fraction of sp³-hybridized carbons (Fsp3) is 0.267. The number of benzene rings is 1. The van der Waals surface area contributed by atoms with E-state index in [-0.39, 0.29) is 0 Å². The highest BCUT2D eigenvalue weighted by atomic mass is 15.0. The molecule has 0 saturated heterocycles. The second-order valence-corrected chi connectivity index (χ2v) is 4.90. The van der Waals surface area contributed by atoms with Gasteiger partial charge in [-0.25, -0.2) is 0 Å². The Hall–Kier alpha value is -1.83. The standard InChI is InChI=1S/C15H14N2/c1-2-6-13-11(5-1)12-8-7-10-4-3-9-16-14(10)15(12)17-13/h1-6,9,12,15,17H,7-8H2. The summed E-state index contributed by atoms with van der Waals surface area (Å²) >= 11 is 0.